The van der Waals surface area contributed by atoms with Crippen molar-refractivity contribution in [1.29, 1.82) is 0 Å². The number of hydrogen-bond donors (Lipinski definition) is 0. The Kier molecular flexibility index (Phi) is 9.25. The van der Waals surface area contributed by atoms with Crippen LogP contribution >= 0.6 is 0 Å². The number of furan rings is 1. The van der Waals surface area contributed by atoms with Crippen molar-refractivity contribution >= 4 is 66.4 Å². The van der Waals surface area contributed by atoms with Gasteiger partial charge in [-0.25, -0.2) is 0 Å². The van der Waals surface area contributed by atoms with Gasteiger partial charge in [0.15, 0.2) is 5.58 Å². The highest BCUT2D eigenvalue weighted by Gasteiger charge is 2.48. The maximum absolute atomic E-state index is 6.61. The molecule has 2 heterocycles. The zero-order chi connectivity index (χ0) is 46.2. The van der Waals surface area contributed by atoms with Gasteiger partial charge in [0.25, 0.3) is 0 Å². The van der Waals surface area contributed by atoms with Crippen LogP contribution in [-0.2, 0) is 5.41 Å². The molecule has 10 aromatic carbocycles. The topological polar surface area (TPSA) is 21.3 Å². The molecule has 2 aliphatic carbocycles. The molecule has 0 spiro atoms. The van der Waals surface area contributed by atoms with Crippen molar-refractivity contribution in [1.82, 2.24) is 4.57 Å². The van der Waals surface area contributed by atoms with Crippen molar-refractivity contribution < 1.29 is 4.42 Å². The number of allylic oxidation sites excluding steroid dienone is 4. The maximum atomic E-state index is 6.61. The molecule has 1 unspecified atom stereocenters. The van der Waals surface area contributed by atoms with E-state index < -0.39 is 5.41 Å². The highest BCUT2D eigenvalue weighted by Crippen LogP contribution is 2.58. The molecule has 3 heteroatoms. The van der Waals surface area contributed by atoms with Gasteiger partial charge in [0.1, 0.15) is 5.58 Å². The van der Waals surface area contributed by atoms with Crippen molar-refractivity contribution in [3.8, 4) is 16.8 Å². The van der Waals surface area contributed by atoms with E-state index in [1.54, 1.807) is 0 Å². The fourth-order valence-corrected chi connectivity index (χ4v) is 12.0. The molecule has 2 aliphatic rings. The van der Waals surface area contributed by atoms with Crippen LogP contribution in [0.3, 0.4) is 0 Å². The monoisotopic (exact) mass is 894 g/mol. The van der Waals surface area contributed by atoms with Crippen LogP contribution in [0.5, 0.6) is 0 Å². The lowest BCUT2D eigenvalue weighted by molar-refractivity contribution is 0.669. The van der Waals surface area contributed by atoms with Crippen molar-refractivity contribution in [2.75, 3.05) is 4.90 Å². The van der Waals surface area contributed by atoms with Crippen LogP contribution in [0.25, 0.3) is 66.1 Å². The summed E-state index contributed by atoms with van der Waals surface area (Å²) < 4.78 is 9.15. The SMILES string of the molecule is C1=CC(c2cccc(N(c3ccccc3)c3cccc4c3oc3ccccc34)c2)=CC(c2ccc3c(c2)c2ccccc2n3-c2cccc3c2C(c2ccccc2)(c2ccccc2)c2ccccc2-3)C1. The van der Waals surface area contributed by atoms with Crippen LogP contribution < -0.4 is 4.90 Å². The summed E-state index contributed by atoms with van der Waals surface area (Å²) in [7, 11) is 0. The average Bonchev–Trinajstić information content (AvgIpc) is 4.09. The van der Waals surface area contributed by atoms with E-state index >= 15 is 0 Å². The fourth-order valence-electron chi connectivity index (χ4n) is 12.0. The second-order valence-electron chi connectivity index (χ2n) is 18.7. The molecule has 70 heavy (non-hydrogen) atoms. The molecule has 0 fully saturated rings. The number of nitrogens with zero attached hydrogens (tertiary/aromatic N) is 2. The average molecular weight is 895 g/mol. The summed E-state index contributed by atoms with van der Waals surface area (Å²) in [6.45, 7) is 0. The first-order valence-electron chi connectivity index (χ1n) is 24.4. The Morgan fingerprint density at radius 2 is 1.13 bits per heavy atom. The molecule has 330 valence electrons. The maximum Gasteiger partial charge on any atom is 0.159 e. The molecule has 0 bridgehead atoms. The zero-order valence-corrected chi connectivity index (χ0v) is 38.4. The van der Waals surface area contributed by atoms with Crippen molar-refractivity contribution in [3.63, 3.8) is 0 Å². The number of aromatic nitrogens is 1. The third-order valence-corrected chi connectivity index (χ3v) is 15.0. The number of anilines is 3. The summed E-state index contributed by atoms with van der Waals surface area (Å²) in [5.41, 5.74) is 19.4. The van der Waals surface area contributed by atoms with Crippen LogP contribution in [-0.4, -0.2) is 4.57 Å². The standard InChI is InChI=1S/C67H46N2O/c1-4-23-49(24-5-1)67(50-25-6-2-7-26-50)59-35-13-10-30-53(59)56-33-18-37-62(65(56)67)69-60-36-14-11-31-54(60)58-44-48(40-41-61(58)69)46-21-16-20-45(42-46)47-22-17-29-52(43-47)68(51-27-8-3-9-28-51)63-38-19-34-57-55-32-12-15-39-64(55)70-66(57)63/h1-20,22-44,46H,21H2. The van der Waals surface area contributed by atoms with Gasteiger partial charge < -0.3 is 13.9 Å². The quantitative estimate of drug-likeness (QED) is 0.152. The van der Waals surface area contributed by atoms with E-state index in [1.807, 2.05) is 6.07 Å². The van der Waals surface area contributed by atoms with Crippen LogP contribution in [0.15, 0.2) is 265 Å². The van der Waals surface area contributed by atoms with E-state index in [4.69, 9.17) is 4.42 Å². The summed E-state index contributed by atoms with van der Waals surface area (Å²) in [6, 6.07) is 88.7. The van der Waals surface area contributed by atoms with Gasteiger partial charge in [-0.2, -0.15) is 0 Å². The molecule has 0 aliphatic heterocycles. The third kappa shape index (κ3) is 6.08. The van der Waals surface area contributed by atoms with Gasteiger partial charge >= 0.3 is 0 Å². The molecule has 14 rings (SSSR count). The van der Waals surface area contributed by atoms with Gasteiger partial charge in [0.2, 0.25) is 0 Å². The van der Waals surface area contributed by atoms with E-state index in [1.165, 1.54) is 77.6 Å². The number of para-hydroxylation sites is 4. The fraction of sp³-hybridized carbons (Fsp3) is 0.0448. The molecule has 3 nitrogen and oxygen atoms in total. The first kappa shape index (κ1) is 40.2. The van der Waals surface area contributed by atoms with Gasteiger partial charge in [-0.05, 0) is 112 Å². The molecule has 0 saturated carbocycles. The molecular weight excluding hydrogens is 849 g/mol. The first-order valence-corrected chi connectivity index (χ1v) is 24.4. The summed E-state index contributed by atoms with van der Waals surface area (Å²) >= 11 is 0. The minimum absolute atomic E-state index is 0.198. The van der Waals surface area contributed by atoms with Crippen LogP contribution in [0.1, 0.15) is 45.7 Å². The number of rotatable bonds is 8. The Morgan fingerprint density at radius 1 is 0.486 bits per heavy atom. The van der Waals surface area contributed by atoms with Gasteiger partial charge in [0.05, 0.1) is 27.8 Å². The van der Waals surface area contributed by atoms with E-state index in [2.05, 4.69) is 264 Å². The number of fused-ring (bicyclic) bond motifs is 9. The van der Waals surface area contributed by atoms with E-state index in [0.29, 0.717) is 0 Å². The van der Waals surface area contributed by atoms with Crippen molar-refractivity contribution in [2.24, 2.45) is 0 Å². The largest absolute Gasteiger partial charge is 0.454 e. The summed E-state index contributed by atoms with van der Waals surface area (Å²) in [4.78, 5) is 2.33. The second kappa shape index (κ2) is 16.1. The van der Waals surface area contributed by atoms with Gasteiger partial charge in [-0.15, -0.1) is 0 Å². The minimum Gasteiger partial charge on any atom is -0.454 e. The molecule has 0 amide bonds. The Hall–Kier alpha value is -8.92. The lowest BCUT2D eigenvalue weighted by atomic mass is 9.67. The molecule has 12 aromatic rings. The summed E-state index contributed by atoms with van der Waals surface area (Å²) in [6.07, 6.45) is 8.05. The van der Waals surface area contributed by atoms with Crippen molar-refractivity contribution in [3.05, 3.63) is 294 Å². The predicted molar refractivity (Wildman–Crippen MR) is 291 cm³/mol. The minimum atomic E-state index is -0.533. The third-order valence-electron chi connectivity index (χ3n) is 15.0. The molecule has 0 N–H and O–H groups in total. The smallest absolute Gasteiger partial charge is 0.159 e. The van der Waals surface area contributed by atoms with Gasteiger partial charge in [-0.3, -0.25) is 0 Å². The van der Waals surface area contributed by atoms with Gasteiger partial charge in [0, 0.05) is 44.4 Å². The molecular formula is C67H46N2O. The highest BCUT2D eigenvalue weighted by molar-refractivity contribution is 6.11. The highest BCUT2D eigenvalue weighted by atomic mass is 16.3. The first-order chi connectivity index (χ1) is 34.7. The lowest BCUT2D eigenvalue weighted by Gasteiger charge is -2.35. The van der Waals surface area contributed by atoms with Crippen molar-refractivity contribution in [2.45, 2.75) is 17.8 Å². The Labute approximate surface area is 407 Å². The molecule has 0 saturated heterocycles. The summed E-state index contributed by atoms with van der Waals surface area (Å²) in [5.74, 6) is 0.198. The van der Waals surface area contributed by atoms with E-state index in [9.17, 15) is 0 Å². The van der Waals surface area contributed by atoms with E-state index in [0.717, 1.165) is 45.4 Å². The second-order valence-corrected chi connectivity index (χ2v) is 18.7. The normalized spacial score (nSPS) is 14.8. The zero-order valence-electron chi connectivity index (χ0n) is 38.4. The van der Waals surface area contributed by atoms with E-state index in [-0.39, 0.29) is 5.92 Å². The lowest BCUT2D eigenvalue weighted by Crippen LogP contribution is -2.29. The molecule has 0 radical (unpaired) electrons. The van der Waals surface area contributed by atoms with Crippen LogP contribution in [0, 0.1) is 0 Å². The predicted octanol–water partition coefficient (Wildman–Crippen LogP) is 17.6. The molecule has 1 atom stereocenters. The Balaban J connectivity index is 0.894. The van der Waals surface area contributed by atoms with Crippen LogP contribution in [0.2, 0.25) is 0 Å². The number of benzene rings is 10. The molecule has 2 aromatic heterocycles. The summed E-state index contributed by atoms with van der Waals surface area (Å²) in [5, 5.41) is 4.74. The van der Waals surface area contributed by atoms with Crippen LogP contribution in [0.4, 0.5) is 17.1 Å². The number of hydrogen-bond acceptors (Lipinski definition) is 2. The Bertz CT molecular complexity index is 4000. The van der Waals surface area contributed by atoms with Gasteiger partial charge in [-0.1, -0.05) is 200 Å². The Morgan fingerprint density at radius 3 is 1.96 bits per heavy atom.